The molecule has 1 heterocycles. The largest absolute Gasteiger partial charge is 0.409 e. The highest BCUT2D eigenvalue weighted by atomic mass is 16.5. The highest BCUT2D eigenvalue weighted by Gasteiger charge is 2.33. The summed E-state index contributed by atoms with van der Waals surface area (Å²) >= 11 is 0. The van der Waals surface area contributed by atoms with Crippen molar-refractivity contribution in [1.82, 2.24) is 5.32 Å². The van der Waals surface area contributed by atoms with E-state index in [-0.39, 0.29) is 35.7 Å². The second kappa shape index (κ2) is 6.92. The molecule has 114 valence electrons. The SMILES string of the molecule is CC1CC(C(=O)NC(C(N)=NO)C2CCCCC2)CO1. The Morgan fingerprint density at radius 1 is 1.40 bits per heavy atom. The summed E-state index contributed by atoms with van der Waals surface area (Å²) in [5.41, 5.74) is 5.78. The first-order valence-corrected chi connectivity index (χ1v) is 7.51. The van der Waals surface area contributed by atoms with E-state index < -0.39 is 0 Å². The summed E-state index contributed by atoms with van der Waals surface area (Å²) < 4.78 is 5.43. The molecule has 1 saturated heterocycles. The molecule has 1 saturated carbocycles. The lowest BCUT2D eigenvalue weighted by Gasteiger charge is -2.30. The maximum absolute atomic E-state index is 12.3. The Morgan fingerprint density at radius 2 is 2.10 bits per heavy atom. The van der Waals surface area contributed by atoms with Gasteiger partial charge in [0.2, 0.25) is 5.91 Å². The molecule has 0 spiro atoms. The van der Waals surface area contributed by atoms with Crippen LogP contribution in [0.4, 0.5) is 0 Å². The van der Waals surface area contributed by atoms with Crippen molar-refractivity contribution in [2.24, 2.45) is 22.7 Å². The van der Waals surface area contributed by atoms with Crippen LogP contribution in [0, 0.1) is 11.8 Å². The second-order valence-electron chi connectivity index (χ2n) is 5.99. The number of oxime groups is 1. The molecule has 20 heavy (non-hydrogen) atoms. The van der Waals surface area contributed by atoms with Gasteiger partial charge in [-0.25, -0.2) is 0 Å². The van der Waals surface area contributed by atoms with E-state index in [1.807, 2.05) is 6.92 Å². The van der Waals surface area contributed by atoms with Crippen molar-refractivity contribution in [3.8, 4) is 0 Å². The van der Waals surface area contributed by atoms with Gasteiger partial charge in [0.05, 0.1) is 24.7 Å². The lowest BCUT2D eigenvalue weighted by atomic mass is 9.83. The van der Waals surface area contributed by atoms with Gasteiger partial charge in [-0.1, -0.05) is 24.4 Å². The molecule has 2 fully saturated rings. The number of ether oxygens (including phenoxy) is 1. The van der Waals surface area contributed by atoms with Gasteiger partial charge in [0.15, 0.2) is 5.84 Å². The number of carbonyl (C=O) groups is 1. The van der Waals surface area contributed by atoms with E-state index in [2.05, 4.69) is 10.5 Å². The molecule has 0 bridgehead atoms. The molecule has 0 radical (unpaired) electrons. The molecule has 6 heteroatoms. The van der Waals surface area contributed by atoms with Crippen molar-refractivity contribution in [2.75, 3.05) is 6.61 Å². The van der Waals surface area contributed by atoms with Crippen LogP contribution in [0.1, 0.15) is 45.4 Å². The summed E-state index contributed by atoms with van der Waals surface area (Å²) in [5, 5.41) is 15.0. The minimum absolute atomic E-state index is 0.0449. The van der Waals surface area contributed by atoms with Gasteiger partial charge in [0, 0.05) is 0 Å². The molecule has 4 N–H and O–H groups in total. The Morgan fingerprint density at radius 3 is 2.65 bits per heavy atom. The lowest BCUT2D eigenvalue weighted by molar-refractivity contribution is -0.125. The second-order valence-corrected chi connectivity index (χ2v) is 5.99. The van der Waals surface area contributed by atoms with Crippen molar-refractivity contribution in [3.63, 3.8) is 0 Å². The minimum atomic E-state index is -0.358. The number of hydrogen-bond donors (Lipinski definition) is 3. The van der Waals surface area contributed by atoms with Crippen molar-refractivity contribution >= 4 is 11.7 Å². The summed E-state index contributed by atoms with van der Waals surface area (Å²) in [7, 11) is 0. The molecule has 3 atom stereocenters. The number of rotatable bonds is 4. The van der Waals surface area contributed by atoms with Crippen molar-refractivity contribution in [2.45, 2.75) is 57.6 Å². The van der Waals surface area contributed by atoms with E-state index in [0.29, 0.717) is 6.61 Å². The zero-order chi connectivity index (χ0) is 14.5. The molecular weight excluding hydrogens is 258 g/mol. The van der Waals surface area contributed by atoms with Gasteiger partial charge in [-0.3, -0.25) is 4.79 Å². The van der Waals surface area contributed by atoms with E-state index in [4.69, 9.17) is 15.7 Å². The lowest BCUT2D eigenvalue weighted by Crippen LogP contribution is -2.51. The van der Waals surface area contributed by atoms with Gasteiger partial charge in [-0.2, -0.15) is 0 Å². The van der Waals surface area contributed by atoms with E-state index in [1.165, 1.54) is 6.42 Å². The fourth-order valence-electron chi connectivity index (χ4n) is 3.23. The summed E-state index contributed by atoms with van der Waals surface area (Å²) in [6, 6.07) is -0.358. The molecule has 1 aliphatic carbocycles. The van der Waals surface area contributed by atoms with E-state index in [9.17, 15) is 4.79 Å². The van der Waals surface area contributed by atoms with Gasteiger partial charge >= 0.3 is 0 Å². The van der Waals surface area contributed by atoms with Crippen LogP contribution in [0.2, 0.25) is 0 Å². The number of carbonyl (C=O) groups excluding carboxylic acids is 1. The van der Waals surface area contributed by atoms with Crippen LogP contribution >= 0.6 is 0 Å². The molecule has 2 rings (SSSR count). The quantitative estimate of drug-likeness (QED) is 0.313. The summed E-state index contributed by atoms with van der Waals surface area (Å²) in [4.78, 5) is 12.3. The molecular formula is C14H25N3O3. The minimum Gasteiger partial charge on any atom is -0.409 e. The Balaban J connectivity index is 1.98. The predicted octanol–water partition coefficient (Wildman–Crippen LogP) is 1.22. The standard InChI is InChI=1S/C14H25N3O3/c1-9-7-11(8-20-9)14(18)16-12(13(15)17-19)10-5-3-2-4-6-10/h9-12,19H,2-8H2,1H3,(H2,15,17)(H,16,18). The highest BCUT2D eigenvalue weighted by Crippen LogP contribution is 2.27. The monoisotopic (exact) mass is 283 g/mol. The topological polar surface area (TPSA) is 96.9 Å². The van der Waals surface area contributed by atoms with E-state index >= 15 is 0 Å². The third-order valence-corrected chi connectivity index (χ3v) is 4.42. The fourth-order valence-corrected chi connectivity index (χ4v) is 3.23. The smallest absolute Gasteiger partial charge is 0.226 e. The molecule has 2 aliphatic rings. The van der Waals surface area contributed by atoms with Crippen LogP contribution in [-0.2, 0) is 9.53 Å². The van der Waals surface area contributed by atoms with Gasteiger partial charge < -0.3 is 21.0 Å². The first-order chi connectivity index (χ1) is 9.61. The van der Waals surface area contributed by atoms with Crippen molar-refractivity contribution in [1.29, 1.82) is 0 Å². The molecule has 1 aliphatic heterocycles. The first-order valence-electron chi connectivity index (χ1n) is 7.51. The summed E-state index contributed by atoms with van der Waals surface area (Å²) in [5.74, 6) is 0.208. The Labute approximate surface area is 119 Å². The molecule has 1 amide bonds. The maximum Gasteiger partial charge on any atom is 0.226 e. The van der Waals surface area contributed by atoms with E-state index in [1.54, 1.807) is 0 Å². The molecule has 6 nitrogen and oxygen atoms in total. The molecule has 3 unspecified atom stereocenters. The van der Waals surface area contributed by atoms with Gasteiger partial charge in [0.1, 0.15) is 0 Å². The van der Waals surface area contributed by atoms with Crippen molar-refractivity contribution < 1.29 is 14.7 Å². The normalized spacial score (nSPS) is 30.1. The molecule has 0 aromatic rings. The average Bonchev–Trinajstić information content (AvgIpc) is 2.91. The van der Waals surface area contributed by atoms with Crippen molar-refractivity contribution in [3.05, 3.63) is 0 Å². The summed E-state index contributed by atoms with van der Waals surface area (Å²) in [6.45, 7) is 2.43. The van der Waals surface area contributed by atoms with Crippen LogP contribution in [0.3, 0.4) is 0 Å². The van der Waals surface area contributed by atoms with Crippen LogP contribution in [0.25, 0.3) is 0 Å². The molecule has 0 aromatic carbocycles. The molecule has 0 aromatic heterocycles. The zero-order valence-electron chi connectivity index (χ0n) is 12.0. The van der Waals surface area contributed by atoms with Crippen LogP contribution in [0.5, 0.6) is 0 Å². The van der Waals surface area contributed by atoms with Crippen LogP contribution < -0.4 is 11.1 Å². The van der Waals surface area contributed by atoms with Gasteiger partial charge in [0.25, 0.3) is 0 Å². The van der Waals surface area contributed by atoms with Gasteiger partial charge in [-0.15, -0.1) is 0 Å². The van der Waals surface area contributed by atoms with Gasteiger partial charge in [-0.05, 0) is 32.1 Å². The number of amides is 1. The number of nitrogens with two attached hydrogens (primary N) is 1. The Kier molecular flexibility index (Phi) is 5.23. The van der Waals surface area contributed by atoms with Crippen LogP contribution in [-0.4, -0.2) is 35.7 Å². The Bertz CT molecular complexity index is 367. The predicted molar refractivity (Wildman–Crippen MR) is 75.4 cm³/mol. The first kappa shape index (κ1) is 15.1. The Hall–Kier alpha value is -1.30. The highest BCUT2D eigenvalue weighted by molar-refractivity contribution is 5.91. The number of nitrogens with one attached hydrogen (secondary N) is 1. The number of nitrogens with zero attached hydrogens (tertiary/aromatic N) is 1. The average molecular weight is 283 g/mol. The van der Waals surface area contributed by atoms with E-state index in [0.717, 1.165) is 32.1 Å². The van der Waals surface area contributed by atoms with Crippen LogP contribution in [0.15, 0.2) is 5.16 Å². The zero-order valence-corrected chi connectivity index (χ0v) is 12.0. The summed E-state index contributed by atoms with van der Waals surface area (Å²) in [6.07, 6.45) is 6.39. The number of hydrogen-bond acceptors (Lipinski definition) is 4. The third kappa shape index (κ3) is 3.62. The number of amidine groups is 1. The fraction of sp³-hybridized carbons (Fsp3) is 0.857. The third-order valence-electron chi connectivity index (χ3n) is 4.42. The maximum atomic E-state index is 12.3.